The summed E-state index contributed by atoms with van der Waals surface area (Å²) in [6.45, 7) is -0.0560. The molecule has 1 rings (SSSR count). The van der Waals surface area contributed by atoms with Gasteiger partial charge in [0, 0.05) is 12.6 Å². The molecular weight excluding hydrogens is 197 g/mol. The molecule has 0 radical (unpaired) electrons. The molecule has 0 saturated heterocycles. The Labute approximate surface area is 72.1 Å². The molecule has 0 aliphatic heterocycles. The molecule has 0 aliphatic carbocycles. The Hall–Kier alpha value is -0.750. The number of nitrogens with zero attached hydrogens (tertiary/aromatic N) is 1. The molecule has 7 heteroatoms. The van der Waals surface area contributed by atoms with Crippen molar-refractivity contribution in [3.63, 3.8) is 0 Å². The Morgan fingerprint density at radius 2 is 2.08 bits per heavy atom. The summed E-state index contributed by atoms with van der Waals surface area (Å²) in [4.78, 5) is 0. The molecule has 0 unspecified atom stereocenters. The summed E-state index contributed by atoms with van der Waals surface area (Å²) in [5, 5.41) is 3.08. The van der Waals surface area contributed by atoms with Crippen molar-refractivity contribution in [3.8, 4) is 0 Å². The van der Waals surface area contributed by atoms with Crippen LogP contribution in [0.1, 0.15) is 11.5 Å². The molecule has 2 N–H and O–H groups in total. The molecule has 0 bridgehead atoms. The molecule has 70 valence electrons. The number of hydrogen-bond donors (Lipinski definition) is 1. The summed E-state index contributed by atoms with van der Waals surface area (Å²) >= 11 is 0. The molecule has 12 heavy (non-hydrogen) atoms. The highest BCUT2D eigenvalue weighted by atomic mass is 35.5. The molecule has 0 atom stereocenters. The lowest BCUT2D eigenvalue weighted by molar-refractivity contribution is -0.155. The van der Waals surface area contributed by atoms with E-state index >= 15 is 0 Å². The quantitative estimate of drug-likeness (QED) is 0.752. The van der Waals surface area contributed by atoms with Crippen LogP contribution in [-0.2, 0) is 12.7 Å². The van der Waals surface area contributed by atoms with Crippen molar-refractivity contribution < 1.29 is 17.7 Å². The van der Waals surface area contributed by atoms with E-state index in [-0.39, 0.29) is 24.6 Å². The fourth-order valence-corrected chi connectivity index (χ4v) is 0.542. The van der Waals surface area contributed by atoms with Gasteiger partial charge in [0.1, 0.15) is 0 Å². The van der Waals surface area contributed by atoms with Gasteiger partial charge in [0.2, 0.25) is 5.76 Å². The zero-order valence-corrected chi connectivity index (χ0v) is 6.58. The van der Waals surface area contributed by atoms with Crippen LogP contribution in [0, 0.1) is 0 Å². The van der Waals surface area contributed by atoms with E-state index in [0.717, 1.165) is 6.07 Å². The van der Waals surface area contributed by atoms with Crippen LogP contribution in [0.5, 0.6) is 0 Å². The first kappa shape index (κ1) is 11.2. The van der Waals surface area contributed by atoms with Gasteiger partial charge in [-0.15, -0.1) is 12.4 Å². The second-order valence-electron chi connectivity index (χ2n) is 1.88. The molecule has 0 fully saturated rings. The molecule has 0 saturated carbocycles. The standard InChI is InChI=1S/C5H5F3N2O.ClH/c6-5(7,8)4-1-3(2-9)10-11-4;/h1H,2,9H2;1H. The number of alkyl halides is 3. The van der Waals surface area contributed by atoms with E-state index in [1.54, 1.807) is 0 Å². The number of halogens is 4. The first-order valence-electron chi connectivity index (χ1n) is 2.77. The van der Waals surface area contributed by atoms with E-state index in [1.807, 2.05) is 0 Å². The van der Waals surface area contributed by atoms with Crippen LogP contribution in [0.2, 0.25) is 0 Å². The maximum absolute atomic E-state index is 11.8. The van der Waals surface area contributed by atoms with Crippen molar-refractivity contribution in [2.75, 3.05) is 0 Å². The minimum Gasteiger partial charge on any atom is -0.351 e. The van der Waals surface area contributed by atoms with Gasteiger partial charge in [0.05, 0.1) is 5.69 Å². The first-order valence-corrected chi connectivity index (χ1v) is 2.77. The van der Waals surface area contributed by atoms with Gasteiger partial charge in [-0.1, -0.05) is 5.16 Å². The molecule has 1 heterocycles. The molecule has 1 aromatic rings. The fraction of sp³-hybridized carbons (Fsp3) is 0.400. The van der Waals surface area contributed by atoms with Crippen molar-refractivity contribution in [3.05, 3.63) is 17.5 Å². The average molecular weight is 203 g/mol. The van der Waals surface area contributed by atoms with Crippen molar-refractivity contribution in [2.24, 2.45) is 5.73 Å². The highest BCUT2D eigenvalue weighted by molar-refractivity contribution is 5.85. The molecular formula is C5H6ClF3N2O. The van der Waals surface area contributed by atoms with Gasteiger partial charge in [0.25, 0.3) is 0 Å². The summed E-state index contributed by atoms with van der Waals surface area (Å²) in [7, 11) is 0. The molecule has 1 aromatic heterocycles. The van der Waals surface area contributed by atoms with E-state index in [9.17, 15) is 13.2 Å². The summed E-state index contributed by atoms with van der Waals surface area (Å²) in [5.74, 6) is -1.11. The lowest BCUT2D eigenvalue weighted by Gasteiger charge is -1.97. The summed E-state index contributed by atoms with van der Waals surface area (Å²) < 4.78 is 39.3. The fourth-order valence-electron chi connectivity index (χ4n) is 0.542. The minimum absolute atomic E-state index is 0. The average Bonchev–Trinajstić information content (AvgIpc) is 2.32. The Kier molecular flexibility index (Phi) is 3.54. The Morgan fingerprint density at radius 3 is 2.33 bits per heavy atom. The smallest absolute Gasteiger partial charge is 0.351 e. The van der Waals surface area contributed by atoms with Gasteiger partial charge in [-0.3, -0.25) is 0 Å². The number of hydrogen-bond acceptors (Lipinski definition) is 3. The normalized spacial score (nSPS) is 11.0. The summed E-state index contributed by atoms with van der Waals surface area (Å²) in [6, 6.07) is 0.778. The maximum Gasteiger partial charge on any atom is 0.452 e. The van der Waals surface area contributed by atoms with Crippen LogP contribution in [0.25, 0.3) is 0 Å². The third-order valence-electron chi connectivity index (χ3n) is 1.05. The third-order valence-corrected chi connectivity index (χ3v) is 1.05. The van der Waals surface area contributed by atoms with Crippen LogP contribution < -0.4 is 5.73 Å². The molecule has 0 aliphatic rings. The highest BCUT2D eigenvalue weighted by Crippen LogP contribution is 2.29. The van der Waals surface area contributed by atoms with Crippen molar-refractivity contribution in [1.29, 1.82) is 0 Å². The van der Waals surface area contributed by atoms with Crippen LogP contribution >= 0.6 is 12.4 Å². The van der Waals surface area contributed by atoms with Crippen LogP contribution in [-0.4, -0.2) is 5.16 Å². The molecule has 0 amide bonds. The monoisotopic (exact) mass is 202 g/mol. The van der Waals surface area contributed by atoms with Gasteiger partial charge in [-0.25, -0.2) is 0 Å². The third kappa shape index (κ3) is 2.38. The Bertz CT molecular complexity index is 247. The second kappa shape index (κ2) is 3.77. The van der Waals surface area contributed by atoms with Gasteiger partial charge in [-0.05, 0) is 0 Å². The summed E-state index contributed by atoms with van der Waals surface area (Å²) in [6.07, 6.45) is -4.47. The maximum atomic E-state index is 11.8. The lowest BCUT2D eigenvalue weighted by Crippen LogP contribution is -2.02. The molecule has 0 aromatic carbocycles. The van der Waals surface area contributed by atoms with Crippen molar-refractivity contribution >= 4 is 12.4 Å². The lowest BCUT2D eigenvalue weighted by atomic mass is 10.3. The number of aromatic nitrogens is 1. The number of nitrogens with two attached hydrogens (primary N) is 1. The predicted octanol–water partition coefficient (Wildman–Crippen LogP) is 1.57. The molecule has 3 nitrogen and oxygen atoms in total. The molecule has 0 spiro atoms. The van der Waals surface area contributed by atoms with E-state index in [0.29, 0.717) is 0 Å². The van der Waals surface area contributed by atoms with E-state index in [2.05, 4.69) is 9.68 Å². The van der Waals surface area contributed by atoms with Crippen LogP contribution in [0.15, 0.2) is 10.6 Å². The van der Waals surface area contributed by atoms with Gasteiger partial charge in [-0.2, -0.15) is 13.2 Å². The van der Waals surface area contributed by atoms with Gasteiger partial charge in [0.15, 0.2) is 0 Å². The summed E-state index contributed by atoms with van der Waals surface area (Å²) in [5.41, 5.74) is 5.11. The first-order chi connectivity index (χ1) is 5.04. The SMILES string of the molecule is Cl.NCc1cc(C(F)(F)F)on1. The van der Waals surface area contributed by atoms with E-state index in [4.69, 9.17) is 5.73 Å². The van der Waals surface area contributed by atoms with Gasteiger partial charge < -0.3 is 10.3 Å². The van der Waals surface area contributed by atoms with Crippen LogP contribution in [0.3, 0.4) is 0 Å². The Morgan fingerprint density at radius 1 is 1.50 bits per heavy atom. The van der Waals surface area contributed by atoms with Crippen molar-refractivity contribution in [2.45, 2.75) is 12.7 Å². The highest BCUT2D eigenvalue weighted by Gasteiger charge is 2.35. The predicted molar refractivity (Wildman–Crippen MR) is 36.6 cm³/mol. The minimum atomic E-state index is -4.47. The van der Waals surface area contributed by atoms with Crippen LogP contribution in [0.4, 0.5) is 13.2 Å². The Balaban J connectivity index is 0.00000121. The van der Waals surface area contributed by atoms with E-state index < -0.39 is 11.9 Å². The second-order valence-corrected chi connectivity index (χ2v) is 1.88. The zero-order valence-electron chi connectivity index (χ0n) is 5.76. The van der Waals surface area contributed by atoms with Crippen molar-refractivity contribution in [1.82, 2.24) is 5.16 Å². The number of rotatable bonds is 1. The largest absolute Gasteiger partial charge is 0.452 e. The van der Waals surface area contributed by atoms with E-state index in [1.165, 1.54) is 0 Å². The topological polar surface area (TPSA) is 52.0 Å². The van der Waals surface area contributed by atoms with Gasteiger partial charge >= 0.3 is 6.18 Å². The zero-order chi connectivity index (χ0) is 8.48.